The molecule has 1 unspecified atom stereocenters. The summed E-state index contributed by atoms with van der Waals surface area (Å²) in [5.74, 6) is 0. The normalized spacial score (nSPS) is 18.3. The van der Waals surface area contributed by atoms with Crippen molar-refractivity contribution in [3.8, 4) is 0 Å². The number of hydrogen-bond acceptors (Lipinski definition) is 4. The van der Waals surface area contributed by atoms with Crippen LogP contribution in [0.1, 0.15) is 24.5 Å². The second-order valence-corrected chi connectivity index (χ2v) is 7.38. The zero-order chi connectivity index (χ0) is 15.2. The van der Waals surface area contributed by atoms with Crippen molar-refractivity contribution in [2.24, 2.45) is 0 Å². The number of aromatic nitrogens is 1. The van der Waals surface area contributed by atoms with Gasteiger partial charge >= 0.3 is 0 Å². The van der Waals surface area contributed by atoms with E-state index in [0.29, 0.717) is 12.1 Å². The van der Waals surface area contributed by atoms with Gasteiger partial charge in [-0.1, -0.05) is 0 Å². The molecule has 0 saturated heterocycles. The predicted octanol–water partition coefficient (Wildman–Crippen LogP) is 3.22. The Balaban J connectivity index is 2.13. The Bertz CT molecular complexity index is 774. The molecular weight excluding hydrogens is 318 g/mol. The first-order chi connectivity index (χ1) is 9.93. The molecule has 0 fully saturated rings. The molecule has 8 heteroatoms. The van der Waals surface area contributed by atoms with Crippen LogP contribution in [-0.2, 0) is 16.4 Å². The molecule has 1 atom stereocenters. The minimum absolute atomic E-state index is 0.306. The Morgan fingerprint density at radius 2 is 2.19 bits per heavy atom. The summed E-state index contributed by atoms with van der Waals surface area (Å²) in [7, 11) is -4.00. The second-order valence-electron chi connectivity index (χ2n) is 4.85. The standard InChI is InChI=1S/C13H12F2N2O2S2/c1-8-4-9-5-16-3-2-11(9)17(8)21(18,19)12-7-20-6-10(12)13(14)15/h2-3,5-8,13H,4H2,1H3. The lowest BCUT2D eigenvalue weighted by molar-refractivity contribution is 0.148. The Hall–Kier alpha value is -1.54. The van der Waals surface area contributed by atoms with E-state index >= 15 is 0 Å². The van der Waals surface area contributed by atoms with Crippen molar-refractivity contribution >= 4 is 27.0 Å². The van der Waals surface area contributed by atoms with Gasteiger partial charge in [-0.2, -0.15) is 11.3 Å². The summed E-state index contributed by atoms with van der Waals surface area (Å²) in [5.41, 5.74) is 0.890. The molecule has 0 radical (unpaired) electrons. The maximum absolute atomic E-state index is 13.0. The van der Waals surface area contributed by atoms with E-state index in [1.807, 2.05) is 0 Å². The van der Waals surface area contributed by atoms with Crippen molar-refractivity contribution in [2.75, 3.05) is 4.31 Å². The highest BCUT2D eigenvalue weighted by Gasteiger charge is 2.38. The van der Waals surface area contributed by atoms with Gasteiger partial charge in [0, 0.05) is 34.8 Å². The lowest BCUT2D eigenvalue weighted by atomic mass is 10.2. The summed E-state index contributed by atoms with van der Waals surface area (Å²) in [6.45, 7) is 1.76. The summed E-state index contributed by atoms with van der Waals surface area (Å²) >= 11 is 0.965. The van der Waals surface area contributed by atoms with Crippen LogP contribution >= 0.6 is 11.3 Å². The smallest absolute Gasteiger partial charge is 0.264 e. The van der Waals surface area contributed by atoms with Gasteiger partial charge in [0.05, 0.1) is 5.69 Å². The zero-order valence-electron chi connectivity index (χ0n) is 11.0. The van der Waals surface area contributed by atoms with Crippen LogP contribution in [-0.4, -0.2) is 19.4 Å². The minimum Gasteiger partial charge on any atom is -0.264 e. The molecule has 2 aromatic rings. The van der Waals surface area contributed by atoms with Crippen LogP contribution in [0.15, 0.2) is 34.1 Å². The molecule has 21 heavy (non-hydrogen) atoms. The van der Waals surface area contributed by atoms with Gasteiger partial charge in [-0.25, -0.2) is 17.2 Å². The van der Waals surface area contributed by atoms with Crippen molar-refractivity contribution in [3.63, 3.8) is 0 Å². The average molecular weight is 330 g/mol. The van der Waals surface area contributed by atoms with Crippen LogP contribution < -0.4 is 4.31 Å². The molecule has 0 amide bonds. The van der Waals surface area contributed by atoms with Crippen LogP contribution in [0.5, 0.6) is 0 Å². The average Bonchev–Trinajstić information content (AvgIpc) is 3.01. The number of rotatable bonds is 3. The third-order valence-electron chi connectivity index (χ3n) is 3.46. The van der Waals surface area contributed by atoms with Crippen molar-refractivity contribution in [2.45, 2.75) is 30.7 Å². The molecule has 4 nitrogen and oxygen atoms in total. The molecule has 0 saturated carbocycles. The van der Waals surface area contributed by atoms with E-state index in [2.05, 4.69) is 4.98 Å². The molecular formula is C13H12F2N2O2S2. The topological polar surface area (TPSA) is 50.3 Å². The van der Waals surface area contributed by atoms with Gasteiger partial charge in [0.25, 0.3) is 16.4 Å². The minimum atomic E-state index is -4.00. The summed E-state index contributed by atoms with van der Waals surface area (Å²) in [5, 5.41) is 2.45. The van der Waals surface area contributed by atoms with E-state index in [1.165, 1.54) is 21.3 Å². The summed E-state index contributed by atoms with van der Waals surface area (Å²) in [6, 6.07) is 1.28. The highest BCUT2D eigenvalue weighted by Crippen LogP contribution is 2.39. The summed E-state index contributed by atoms with van der Waals surface area (Å²) < 4.78 is 52.7. The Morgan fingerprint density at radius 3 is 2.90 bits per heavy atom. The molecule has 0 aliphatic carbocycles. The molecule has 2 aromatic heterocycles. The number of hydrogen-bond donors (Lipinski definition) is 0. The number of anilines is 1. The summed E-state index contributed by atoms with van der Waals surface area (Å²) in [4.78, 5) is 3.67. The van der Waals surface area contributed by atoms with Gasteiger partial charge < -0.3 is 0 Å². The Kier molecular flexibility index (Phi) is 3.45. The second kappa shape index (κ2) is 5.03. The highest BCUT2D eigenvalue weighted by atomic mass is 32.2. The van der Waals surface area contributed by atoms with Gasteiger partial charge in [0.1, 0.15) is 4.90 Å². The number of thiophene rings is 1. The predicted molar refractivity (Wildman–Crippen MR) is 76.3 cm³/mol. The van der Waals surface area contributed by atoms with Gasteiger partial charge in [0.15, 0.2) is 0 Å². The van der Waals surface area contributed by atoms with Gasteiger partial charge in [-0.15, -0.1) is 0 Å². The third-order valence-corrected chi connectivity index (χ3v) is 6.35. The fourth-order valence-electron chi connectivity index (χ4n) is 2.57. The third kappa shape index (κ3) is 2.22. The van der Waals surface area contributed by atoms with Crippen molar-refractivity contribution in [1.29, 1.82) is 0 Å². The number of nitrogens with zero attached hydrogens (tertiary/aromatic N) is 2. The van der Waals surface area contributed by atoms with Crippen LogP contribution in [0.4, 0.5) is 14.5 Å². The molecule has 0 bridgehead atoms. The molecule has 0 N–H and O–H groups in total. The number of alkyl halides is 2. The molecule has 1 aliphatic rings. The Morgan fingerprint density at radius 1 is 1.43 bits per heavy atom. The lowest BCUT2D eigenvalue weighted by Gasteiger charge is -2.24. The van der Waals surface area contributed by atoms with Crippen LogP contribution in [0, 0.1) is 0 Å². The van der Waals surface area contributed by atoms with Crippen LogP contribution in [0.3, 0.4) is 0 Å². The maximum atomic E-state index is 13.0. The maximum Gasteiger partial charge on any atom is 0.265 e. The Labute approximate surface area is 125 Å². The van der Waals surface area contributed by atoms with Gasteiger partial charge in [-0.3, -0.25) is 9.29 Å². The van der Waals surface area contributed by atoms with E-state index in [9.17, 15) is 17.2 Å². The van der Waals surface area contributed by atoms with Crippen LogP contribution in [0.25, 0.3) is 0 Å². The van der Waals surface area contributed by atoms with Crippen molar-refractivity contribution < 1.29 is 17.2 Å². The highest BCUT2D eigenvalue weighted by molar-refractivity contribution is 7.93. The molecule has 3 heterocycles. The number of pyridine rings is 1. The fraction of sp³-hybridized carbons (Fsp3) is 0.308. The lowest BCUT2D eigenvalue weighted by Crippen LogP contribution is -2.36. The zero-order valence-corrected chi connectivity index (χ0v) is 12.7. The molecule has 112 valence electrons. The van der Waals surface area contributed by atoms with Gasteiger partial charge in [-0.05, 0) is 25.0 Å². The number of sulfonamides is 1. The SMILES string of the molecule is CC1Cc2cnccc2N1S(=O)(=O)c1cscc1C(F)F. The van der Waals surface area contributed by atoms with Gasteiger partial charge in [0.2, 0.25) is 0 Å². The van der Waals surface area contributed by atoms with E-state index in [1.54, 1.807) is 19.2 Å². The monoisotopic (exact) mass is 330 g/mol. The quantitative estimate of drug-likeness (QED) is 0.868. The van der Waals surface area contributed by atoms with Crippen LogP contribution in [0.2, 0.25) is 0 Å². The van der Waals surface area contributed by atoms with Crippen molar-refractivity contribution in [3.05, 3.63) is 40.3 Å². The number of halogens is 2. The van der Waals surface area contributed by atoms with E-state index in [0.717, 1.165) is 16.9 Å². The first-order valence-electron chi connectivity index (χ1n) is 6.24. The molecule has 0 spiro atoms. The van der Waals surface area contributed by atoms with E-state index in [4.69, 9.17) is 0 Å². The molecule has 0 aromatic carbocycles. The van der Waals surface area contributed by atoms with E-state index in [-0.39, 0.29) is 10.9 Å². The first kappa shape index (κ1) is 14.4. The largest absolute Gasteiger partial charge is 0.265 e. The van der Waals surface area contributed by atoms with E-state index < -0.39 is 22.0 Å². The molecule has 3 rings (SSSR count). The first-order valence-corrected chi connectivity index (χ1v) is 8.62. The molecule has 1 aliphatic heterocycles. The van der Waals surface area contributed by atoms with Crippen molar-refractivity contribution in [1.82, 2.24) is 4.98 Å². The fourth-order valence-corrected chi connectivity index (χ4v) is 5.64. The number of fused-ring (bicyclic) bond motifs is 1. The summed E-state index contributed by atoms with van der Waals surface area (Å²) in [6.07, 6.45) is 0.830.